The number of aliphatic hydroxyl groups is 1. The number of nitrogens with one attached hydrogen (secondary N) is 1. The van der Waals surface area contributed by atoms with Gasteiger partial charge in [0.2, 0.25) is 5.91 Å². The molecule has 1 amide bonds. The number of aliphatic hydroxyl groups excluding tert-OH is 1. The predicted octanol–water partition coefficient (Wildman–Crippen LogP) is 10.2. The van der Waals surface area contributed by atoms with Gasteiger partial charge in [-0.1, -0.05) is 168 Å². The van der Waals surface area contributed by atoms with Crippen LogP contribution in [-0.4, -0.2) is 73.4 Å². The van der Waals surface area contributed by atoms with E-state index in [9.17, 15) is 19.4 Å². The van der Waals surface area contributed by atoms with E-state index >= 15 is 0 Å². The van der Waals surface area contributed by atoms with Crippen LogP contribution < -0.4 is 5.32 Å². The molecule has 47 heavy (non-hydrogen) atoms. The number of carbonyl (C=O) groups excluding carboxylic acids is 1. The van der Waals surface area contributed by atoms with Gasteiger partial charge in [-0.3, -0.25) is 13.8 Å². The van der Waals surface area contributed by atoms with Crippen molar-refractivity contribution >= 4 is 13.7 Å². The molecule has 0 rings (SSSR count). The number of phosphoric ester groups is 1. The fraction of sp³-hybridized carbons (Fsp3) is 0.974. The number of nitrogens with zero attached hydrogens (tertiary/aromatic N) is 1. The molecule has 0 aromatic heterocycles. The molecular weight excluding hydrogens is 611 g/mol. The highest BCUT2D eigenvalue weighted by molar-refractivity contribution is 7.47. The number of quaternary nitrogens is 1. The van der Waals surface area contributed by atoms with Crippen LogP contribution in [0.3, 0.4) is 0 Å². The van der Waals surface area contributed by atoms with Gasteiger partial charge in [-0.25, -0.2) is 4.57 Å². The maximum absolute atomic E-state index is 12.7. The standard InChI is InChI=1S/C38H79N2O6P/c1-6-8-10-12-14-15-16-17-18-19-20-21-22-23-24-26-27-29-31-37(41)36(35-46-47(43,44)45-34-33-40(3,4)5)39-38(42)32-30-28-25-13-11-9-7-2/h36-37,41H,6-35H2,1-5H3,(H-,39,42,43,44)/p+1. The van der Waals surface area contributed by atoms with Gasteiger partial charge < -0.3 is 19.8 Å². The van der Waals surface area contributed by atoms with Crippen molar-refractivity contribution in [3.05, 3.63) is 0 Å². The monoisotopic (exact) mass is 692 g/mol. The Bertz CT molecular complexity index is 748. The van der Waals surface area contributed by atoms with Crippen molar-refractivity contribution in [3.8, 4) is 0 Å². The van der Waals surface area contributed by atoms with Crippen LogP contribution in [0.1, 0.15) is 187 Å². The van der Waals surface area contributed by atoms with Gasteiger partial charge >= 0.3 is 7.82 Å². The lowest BCUT2D eigenvalue weighted by Gasteiger charge is -2.26. The van der Waals surface area contributed by atoms with Gasteiger partial charge in [0, 0.05) is 6.42 Å². The highest BCUT2D eigenvalue weighted by atomic mass is 31.2. The maximum Gasteiger partial charge on any atom is 0.472 e. The summed E-state index contributed by atoms with van der Waals surface area (Å²) in [7, 11) is 1.62. The Labute approximate surface area is 291 Å². The van der Waals surface area contributed by atoms with Gasteiger partial charge in [0.25, 0.3) is 0 Å². The second-order valence-corrected chi connectivity index (χ2v) is 16.5. The predicted molar refractivity (Wildman–Crippen MR) is 199 cm³/mol. The van der Waals surface area contributed by atoms with Crippen molar-refractivity contribution in [3.63, 3.8) is 0 Å². The molecule has 0 spiro atoms. The Morgan fingerprint density at radius 2 is 1.02 bits per heavy atom. The van der Waals surface area contributed by atoms with E-state index in [1.807, 2.05) is 21.1 Å². The van der Waals surface area contributed by atoms with Crippen molar-refractivity contribution in [1.82, 2.24) is 5.32 Å². The third-order valence-electron chi connectivity index (χ3n) is 9.11. The topological polar surface area (TPSA) is 105 Å². The van der Waals surface area contributed by atoms with Crippen LogP contribution in [0, 0.1) is 0 Å². The molecule has 0 aliphatic rings. The van der Waals surface area contributed by atoms with Crippen molar-refractivity contribution in [2.75, 3.05) is 40.9 Å². The molecule has 9 heteroatoms. The van der Waals surface area contributed by atoms with E-state index in [0.717, 1.165) is 38.5 Å². The average Bonchev–Trinajstić information content (AvgIpc) is 3.01. The summed E-state index contributed by atoms with van der Waals surface area (Å²) in [6.07, 6.45) is 31.4. The Hall–Kier alpha value is -0.500. The van der Waals surface area contributed by atoms with Crippen LogP contribution in [0.2, 0.25) is 0 Å². The van der Waals surface area contributed by atoms with Crippen molar-refractivity contribution in [1.29, 1.82) is 0 Å². The van der Waals surface area contributed by atoms with E-state index in [2.05, 4.69) is 19.2 Å². The van der Waals surface area contributed by atoms with E-state index in [0.29, 0.717) is 23.9 Å². The molecule has 0 aliphatic heterocycles. The molecule has 0 heterocycles. The molecule has 0 aromatic carbocycles. The number of likely N-dealkylation sites (N-methyl/N-ethyl adjacent to an activating group) is 1. The zero-order chi connectivity index (χ0) is 35.1. The lowest BCUT2D eigenvalue weighted by Crippen LogP contribution is -2.46. The van der Waals surface area contributed by atoms with E-state index < -0.39 is 20.0 Å². The van der Waals surface area contributed by atoms with Gasteiger partial charge in [-0.05, 0) is 12.8 Å². The minimum absolute atomic E-state index is 0.0778. The molecule has 8 nitrogen and oxygen atoms in total. The van der Waals surface area contributed by atoms with Crippen LogP contribution in [0.25, 0.3) is 0 Å². The van der Waals surface area contributed by atoms with Crippen LogP contribution >= 0.6 is 7.82 Å². The lowest BCUT2D eigenvalue weighted by molar-refractivity contribution is -0.870. The number of rotatable bonds is 36. The highest BCUT2D eigenvalue weighted by Gasteiger charge is 2.28. The SMILES string of the molecule is CCCCCCCCCCCCCCCCCCCCC(O)C(COP(=O)(O)OCC[N+](C)(C)C)NC(=O)CCCCCCCCC. The molecule has 3 unspecified atom stereocenters. The summed E-state index contributed by atoms with van der Waals surface area (Å²) in [4.78, 5) is 22.9. The fourth-order valence-corrected chi connectivity index (χ4v) is 6.60. The molecule has 0 bridgehead atoms. The first-order valence-corrected chi connectivity index (χ1v) is 21.4. The number of hydrogen-bond acceptors (Lipinski definition) is 5. The summed E-state index contributed by atoms with van der Waals surface area (Å²) >= 11 is 0. The minimum atomic E-state index is -4.29. The Kier molecular flexibility index (Phi) is 31.1. The van der Waals surface area contributed by atoms with Crippen LogP contribution in [0.4, 0.5) is 0 Å². The van der Waals surface area contributed by atoms with E-state index in [4.69, 9.17) is 9.05 Å². The molecule has 282 valence electrons. The number of carbonyl (C=O) groups is 1. The quantitative estimate of drug-likeness (QED) is 0.0343. The first-order chi connectivity index (χ1) is 22.5. The van der Waals surface area contributed by atoms with Crippen LogP contribution in [0.15, 0.2) is 0 Å². The summed E-state index contributed by atoms with van der Waals surface area (Å²) in [5, 5.41) is 13.8. The lowest BCUT2D eigenvalue weighted by atomic mass is 10.0. The summed E-state index contributed by atoms with van der Waals surface area (Å²) in [5.74, 6) is -0.150. The largest absolute Gasteiger partial charge is 0.472 e. The van der Waals surface area contributed by atoms with Gasteiger partial charge in [0.05, 0.1) is 39.9 Å². The average molecular weight is 692 g/mol. The maximum atomic E-state index is 12.7. The summed E-state index contributed by atoms with van der Waals surface area (Å²) in [5.41, 5.74) is 0. The first-order valence-electron chi connectivity index (χ1n) is 19.9. The zero-order valence-electron chi connectivity index (χ0n) is 31.8. The molecule has 0 saturated heterocycles. The van der Waals surface area contributed by atoms with Gasteiger partial charge in [0.15, 0.2) is 0 Å². The number of hydrogen-bond donors (Lipinski definition) is 3. The second kappa shape index (κ2) is 31.5. The third-order valence-corrected chi connectivity index (χ3v) is 10.1. The summed E-state index contributed by atoms with van der Waals surface area (Å²) in [6, 6.07) is -0.750. The summed E-state index contributed by atoms with van der Waals surface area (Å²) < 4.78 is 23.5. The van der Waals surface area contributed by atoms with E-state index in [-0.39, 0.29) is 19.1 Å². The molecule has 3 atom stereocenters. The third kappa shape index (κ3) is 33.8. The molecule has 0 saturated carbocycles. The van der Waals surface area contributed by atoms with Crippen LogP contribution in [0.5, 0.6) is 0 Å². The second-order valence-electron chi connectivity index (χ2n) is 15.0. The Morgan fingerprint density at radius 3 is 1.43 bits per heavy atom. The van der Waals surface area contributed by atoms with Gasteiger partial charge in [0.1, 0.15) is 13.2 Å². The molecular formula is C38H80N2O6P+. The van der Waals surface area contributed by atoms with Gasteiger partial charge in [-0.15, -0.1) is 0 Å². The Balaban J connectivity index is 4.27. The molecule has 0 fully saturated rings. The summed E-state index contributed by atoms with van der Waals surface area (Å²) in [6.45, 7) is 4.84. The molecule has 0 radical (unpaired) electrons. The first kappa shape index (κ1) is 46.5. The van der Waals surface area contributed by atoms with Crippen molar-refractivity contribution in [2.24, 2.45) is 0 Å². The zero-order valence-corrected chi connectivity index (χ0v) is 32.7. The van der Waals surface area contributed by atoms with E-state index in [1.165, 1.54) is 122 Å². The van der Waals surface area contributed by atoms with Crippen molar-refractivity contribution < 1.29 is 32.9 Å². The molecule has 0 aliphatic carbocycles. The van der Waals surface area contributed by atoms with Gasteiger partial charge in [-0.2, -0.15) is 0 Å². The minimum Gasteiger partial charge on any atom is -0.391 e. The highest BCUT2D eigenvalue weighted by Crippen LogP contribution is 2.43. The molecule has 3 N–H and O–H groups in total. The Morgan fingerprint density at radius 1 is 0.638 bits per heavy atom. The number of amides is 1. The fourth-order valence-electron chi connectivity index (χ4n) is 5.87. The van der Waals surface area contributed by atoms with Crippen LogP contribution in [-0.2, 0) is 18.4 Å². The van der Waals surface area contributed by atoms with E-state index in [1.54, 1.807) is 0 Å². The number of unbranched alkanes of at least 4 members (excludes halogenated alkanes) is 23. The van der Waals surface area contributed by atoms with Crippen molar-refractivity contribution in [2.45, 2.75) is 199 Å². The smallest absolute Gasteiger partial charge is 0.391 e. The molecule has 0 aromatic rings. The number of phosphoric acid groups is 1. The normalized spacial score (nSPS) is 14.6.